The lowest BCUT2D eigenvalue weighted by atomic mass is 9.90. The Balaban J connectivity index is 4.35. The maximum atomic E-state index is 11.8. The quantitative estimate of drug-likeness (QED) is 0.636. The number of nitrogens with one attached hydrogen (secondary N) is 1. The highest BCUT2D eigenvalue weighted by Gasteiger charge is 2.27. The van der Waals surface area contributed by atoms with E-state index in [9.17, 15) is 18.0 Å². The number of carboxylic acids is 1. The molecule has 118 valence electrons. The van der Waals surface area contributed by atoms with Gasteiger partial charge in [0.25, 0.3) is 0 Å². The van der Waals surface area contributed by atoms with Crippen molar-refractivity contribution in [3.05, 3.63) is 0 Å². The molecule has 0 heterocycles. The van der Waals surface area contributed by atoms with Crippen LogP contribution in [0.15, 0.2) is 0 Å². The zero-order valence-corrected chi connectivity index (χ0v) is 13.3. The molecule has 0 bridgehead atoms. The summed E-state index contributed by atoms with van der Waals surface area (Å²) in [6.45, 7) is 7.27. The Bertz CT molecular complexity index is 441. The number of carbonyl (C=O) groups excluding carboxylic acids is 1. The molecule has 20 heavy (non-hydrogen) atoms. The number of rotatable bonds is 9. The molecule has 8 heteroatoms. The van der Waals surface area contributed by atoms with Crippen LogP contribution < -0.4 is 5.32 Å². The third kappa shape index (κ3) is 5.87. The fourth-order valence-electron chi connectivity index (χ4n) is 1.55. The predicted molar refractivity (Wildman–Crippen MR) is 75.8 cm³/mol. The zero-order chi connectivity index (χ0) is 16.0. The Morgan fingerprint density at radius 1 is 1.20 bits per heavy atom. The summed E-state index contributed by atoms with van der Waals surface area (Å²) in [5.74, 6) is -2.18. The van der Waals surface area contributed by atoms with Crippen molar-refractivity contribution in [1.82, 2.24) is 9.62 Å². The standard InChI is InChI=1S/C12H24N2O5S/c1-5-14(6-2)20(18,19)9-10(15)13-8-7-12(3,4)11(16)17/h5-9H2,1-4H3,(H,13,15)(H,16,17). The van der Waals surface area contributed by atoms with Crippen molar-refractivity contribution in [1.29, 1.82) is 0 Å². The van der Waals surface area contributed by atoms with Gasteiger partial charge in [0.05, 0.1) is 5.41 Å². The number of nitrogens with zero attached hydrogens (tertiary/aromatic N) is 1. The summed E-state index contributed by atoms with van der Waals surface area (Å²) in [6.07, 6.45) is 0.236. The smallest absolute Gasteiger partial charge is 0.309 e. The average molecular weight is 308 g/mol. The Hall–Kier alpha value is -1.15. The molecule has 0 aliphatic rings. The van der Waals surface area contributed by atoms with Crippen molar-refractivity contribution in [3.8, 4) is 0 Å². The molecule has 0 rings (SSSR count). The van der Waals surface area contributed by atoms with E-state index < -0.39 is 33.1 Å². The highest BCUT2D eigenvalue weighted by molar-refractivity contribution is 7.89. The van der Waals surface area contributed by atoms with Crippen molar-refractivity contribution in [2.24, 2.45) is 5.41 Å². The minimum atomic E-state index is -3.60. The van der Waals surface area contributed by atoms with Crippen LogP contribution in [0.3, 0.4) is 0 Å². The molecule has 0 radical (unpaired) electrons. The Labute approximate surface area is 120 Å². The van der Waals surface area contributed by atoms with Crippen LogP contribution >= 0.6 is 0 Å². The first-order chi connectivity index (χ1) is 9.06. The predicted octanol–water partition coefficient (Wildman–Crippen LogP) is 0.275. The molecular formula is C12H24N2O5S. The summed E-state index contributed by atoms with van der Waals surface area (Å²) in [6, 6.07) is 0. The highest BCUT2D eigenvalue weighted by Crippen LogP contribution is 2.19. The van der Waals surface area contributed by atoms with Gasteiger partial charge in [0.15, 0.2) is 0 Å². The fourth-order valence-corrected chi connectivity index (χ4v) is 2.95. The second-order valence-corrected chi connectivity index (χ2v) is 7.10. The van der Waals surface area contributed by atoms with E-state index >= 15 is 0 Å². The lowest BCUT2D eigenvalue weighted by Gasteiger charge is -2.20. The van der Waals surface area contributed by atoms with Crippen LogP contribution in [-0.2, 0) is 19.6 Å². The molecule has 0 saturated heterocycles. The molecule has 0 aromatic rings. The van der Waals surface area contributed by atoms with Crippen LogP contribution in [0, 0.1) is 5.41 Å². The molecule has 0 aromatic carbocycles. The van der Waals surface area contributed by atoms with Crippen molar-refractivity contribution in [2.75, 3.05) is 25.4 Å². The molecule has 0 saturated carbocycles. The van der Waals surface area contributed by atoms with Gasteiger partial charge in [-0.25, -0.2) is 12.7 Å². The first kappa shape index (κ1) is 18.9. The average Bonchev–Trinajstić information content (AvgIpc) is 2.28. The van der Waals surface area contributed by atoms with Crippen LogP contribution in [-0.4, -0.2) is 55.1 Å². The lowest BCUT2D eigenvalue weighted by molar-refractivity contribution is -0.147. The van der Waals surface area contributed by atoms with Gasteiger partial charge in [-0.2, -0.15) is 0 Å². The van der Waals surface area contributed by atoms with Crippen molar-refractivity contribution >= 4 is 21.9 Å². The summed E-state index contributed by atoms with van der Waals surface area (Å²) in [4.78, 5) is 22.5. The van der Waals surface area contributed by atoms with E-state index in [0.717, 1.165) is 0 Å². The Morgan fingerprint density at radius 3 is 2.10 bits per heavy atom. The van der Waals surface area contributed by atoms with E-state index in [1.807, 2.05) is 0 Å². The number of aliphatic carboxylic acids is 1. The molecule has 0 aromatic heterocycles. The molecule has 7 nitrogen and oxygen atoms in total. The van der Waals surface area contributed by atoms with Crippen molar-refractivity contribution < 1.29 is 23.1 Å². The van der Waals surface area contributed by atoms with Gasteiger partial charge in [-0.3, -0.25) is 9.59 Å². The lowest BCUT2D eigenvalue weighted by Crippen LogP contribution is -2.40. The minimum absolute atomic E-state index is 0.131. The van der Waals surface area contributed by atoms with Gasteiger partial charge in [0.2, 0.25) is 15.9 Å². The topological polar surface area (TPSA) is 104 Å². The number of amides is 1. The van der Waals surface area contributed by atoms with E-state index in [0.29, 0.717) is 13.1 Å². The number of carbonyl (C=O) groups is 2. The van der Waals surface area contributed by atoms with Gasteiger partial charge in [-0.05, 0) is 20.3 Å². The van der Waals surface area contributed by atoms with E-state index in [4.69, 9.17) is 5.11 Å². The van der Waals surface area contributed by atoms with Crippen LogP contribution in [0.2, 0.25) is 0 Å². The molecule has 0 spiro atoms. The monoisotopic (exact) mass is 308 g/mol. The minimum Gasteiger partial charge on any atom is -0.481 e. The number of sulfonamides is 1. The first-order valence-electron chi connectivity index (χ1n) is 6.54. The summed E-state index contributed by atoms with van der Waals surface area (Å²) >= 11 is 0. The molecule has 1 amide bonds. The van der Waals surface area contributed by atoms with Crippen LogP contribution in [0.1, 0.15) is 34.1 Å². The number of carboxylic acid groups (broad SMARTS) is 1. The summed E-state index contributed by atoms with van der Waals surface area (Å²) in [7, 11) is -3.60. The van der Waals surface area contributed by atoms with E-state index in [1.54, 1.807) is 27.7 Å². The van der Waals surface area contributed by atoms with Crippen molar-refractivity contribution in [3.63, 3.8) is 0 Å². The highest BCUT2D eigenvalue weighted by atomic mass is 32.2. The second-order valence-electron chi connectivity index (χ2n) is 5.13. The zero-order valence-electron chi connectivity index (χ0n) is 12.5. The summed E-state index contributed by atoms with van der Waals surface area (Å²) < 4.78 is 24.9. The molecule has 0 fully saturated rings. The maximum Gasteiger partial charge on any atom is 0.309 e. The molecule has 0 aliphatic heterocycles. The SMILES string of the molecule is CCN(CC)S(=O)(=O)CC(=O)NCCC(C)(C)C(=O)O. The number of hydrogen-bond acceptors (Lipinski definition) is 4. The third-order valence-electron chi connectivity index (χ3n) is 3.06. The number of hydrogen-bond donors (Lipinski definition) is 2. The molecule has 2 N–H and O–H groups in total. The second kappa shape index (κ2) is 7.58. The van der Waals surface area contributed by atoms with Gasteiger partial charge >= 0.3 is 5.97 Å². The molecule has 0 aliphatic carbocycles. The largest absolute Gasteiger partial charge is 0.481 e. The van der Waals surface area contributed by atoms with Gasteiger partial charge in [-0.1, -0.05) is 13.8 Å². The Morgan fingerprint density at radius 2 is 1.70 bits per heavy atom. The fraction of sp³-hybridized carbons (Fsp3) is 0.833. The van der Waals surface area contributed by atoms with E-state index in [-0.39, 0.29) is 13.0 Å². The molecular weight excluding hydrogens is 284 g/mol. The van der Waals surface area contributed by atoms with Gasteiger partial charge in [0, 0.05) is 19.6 Å². The molecule has 0 unspecified atom stereocenters. The first-order valence-corrected chi connectivity index (χ1v) is 8.15. The molecule has 0 atom stereocenters. The summed E-state index contributed by atoms with van der Waals surface area (Å²) in [5, 5.41) is 11.4. The summed E-state index contributed by atoms with van der Waals surface area (Å²) in [5.41, 5.74) is -0.953. The van der Waals surface area contributed by atoms with Crippen LogP contribution in [0.4, 0.5) is 0 Å². The maximum absolute atomic E-state index is 11.8. The van der Waals surface area contributed by atoms with Gasteiger partial charge in [0.1, 0.15) is 5.75 Å². The van der Waals surface area contributed by atoms with Gasteiger partial charge in [-0.15, -0.1) is 0 Å². The van der Waals surface area contributed by atoms with Crippen molar-refractivity contribution in [2.45, 2.75) is 34.1 Å². The van der Waals surface area contributed by atoms with Crippen LogP contribution in [0.25, 0.3) is 0 Å². The van der Waals surface area contributed by atoms with Gasteiger partial charge < -0.3 is 10.4 Å². The van der Waals surface area contributed by atoms with E-state index in [1.165, 1.54) is 4.31 Å². The third-order valence-corrected chi connectivity index (χ3v) is 4.99. The van der Waals surface area contributed by atoms with E-state index in [2.05, 4.69) is 5.32 Å². The Kier molecular flexibility index (Phi) is 7.15. The van der Waals surface area contributed by atoms with Crippen LogP contribution in [0.5, 0.6) is 0 Å². The normalized spacial score (nSPS) is 12.4.